The number of sulfone groups is 1. The van der Waals surface area contributed by atoms with Crippen molar-refractivity contribution in [3.05, 3.63) is 23.8 Å². The highest BCUT2D eigenvalue weighted by Gasteiger charge is 2.48. The molecule has 1 aliphatic heterocycles. The van der Waals surface area contributed by atoms with Gasteiger partial charge in [-0.05, 0) is 50.6 Å². The molecule has 1 aliphatic rings. The predicted molar refractivity (Wildman–Crippen MR) is 103 cm³/mol. The Labute approximate surface area is 161 Å². The van der Waals surface area contributed by atoms with Crippen LogP contribution in [0.1, 0.15) is 25.3 Å². The summed E-state index contributed by atoms with van der Waals surface area (Å²) in [4.78, 5) is 12.7. The van der Waals surface area contributed by atoms with Gasteiger partial charge >= 0.3 is 0 Å². The van der Waals surface area contributed by atoms with Gasteiger partial charge in [-0.1, -0.05) is 6.07 Å². The normalized spacial score (nSPS) is 16.3. The Morgan fingerprint density at radius 2 is 1.92 bits per heavy atom. The monoisotopic (exact) mass is 406 g/mol. The first kappa shape index (κ1) is 22.5. The van der Waals surface area contributed by atoms with E-state index in [0.717, 1.165) is 11.8 Å². The third-order valence-electron chi connectivity index (χ3n) is 4.52. The van der Waals surface area contributed by atoms with Crippen LogP contribution >= 0.6 is 12.4 Å². The number of piperidine rings is 1. The van der Waals surface area contributed by atoms with Crippen LogP contribution in [0.15, 0.2) is 18.2 Å². The van der Waals surface area contributed by atoms with E-state index in [0.29, 0.717) is 31.2 Å². The van der Waals surface area contributed by atoms with Crippen LogP contribution in [0.25, 0.3) is 0 Å². The molecule has 1 saturated heterocycles. The highest BCUT2D eigenvalue weighted by Crippen LogP contribution is 2.30. The third kappa shape index (κ3) is 4.81. The molecule has 0 aliphatic carbocycles. The maximum absolute atomic E-state index is 12.7. The van der Waals surface area contributed by atoms with Gasteiger partial charge in [0.25, 0.3) is 0 Å². The molecule has 2 rings (SSSR count). The molecule has 0 aromatic heterocycles. The third-order valence-corrected chi connectivity index (χ3v) is 6.53. The van der Waals surface area contributed by atoms with E-state index < -0.39 is 20.5 Å². The lowest BCUT2D eigenvalue weighted by atomic mass is 9.95. The molecule has 26 heavy (non-hydrogen) atoms. The minimum atomic E-state index is -3.51. The topological polar surface area (TPSA) is 93.7 Å². The molecule has 1 amide bonds. The number of nitrogens with one attached hydrogen (secondary N) is 2. The summed E-state index contributed by atoms with van der Waals surface area (Å²) in [6, 6.07) is 5.38. The number of carbonyl (C=O) groups excluding carboxylic acids is 1. The SMILES string of the molecule is CCOc1ccc(CNC(=O)C2(S(C)(=O)=O)CCNCC2)cc1OC.Cl. The number of hydrogen-bond acceptors (Lipinski definition) is 6. The smallest absolute Gasteiger partial charge is 0.241 e. The Morgan fingerprint density at radius 3 is 2.46 bits per heavy atom. The first-order chi connectivity index (χ1) is 11.8. The van der Waals surface area contributed by atoms with E-state index in [1.165, 1.54) is 0 Å². The molecule has 0 spiro atoms. The molecular formula is C17H27ClN2O5S. The molecule has 0 unspecified atom stereocenters. The molecule has 148 valence electrons. The van der Waals surface area contributed by atoms with Crippen molar-refractivity contribution < 1.29 is 22.7 Å². The Balaban J connectivity index is 0.00000338. The maximum Gasteiger partial charge on any atom is 0.241 e. The van der Waals surface area contributed by atoms with Gasteiger partial charge < -0.3 is 20.1 Å². The lowest BCUT2D eigenvalue weighted by Gasteiger charge is -2.34. The summed E-state index contributed by atoms with van der Waals surface area (Å²) in [5.74, 6) is 0.767. The number of methoxy groups -OCH3 is 1. The van der Waals surface area contributed by atoms with Crippen LogP contribution in [0.3, 0.4) is 0 Å². The highest BCUT2D eigenvalue weighted by molar-refractivity contribution is 7.92. The van der Waals surface area contributed by atoms with Crippen LogP contribution in [0.5, 0.6) is 11.5 Å². The number of hydrogen-bond donors (Lipinski definition) is 2. The lowest BCUT2D eigenvalue weighted by molar-refractivity contribution is -0.124. The number of halogens is 1. The van der Waals surface area contributed by atoms with Crippen LogP contribution in [0.2, 0.25) is 0 Å². The number of ether oxygens (including phenoxy) is 2. The summed E-state index contributed by atoms with van der Waals surface area (Å²) in [5.41, 5.74) is 0.811. The van der Waals surface area contributed by atoms with E-state index in [-0.39, 0.29) is 31.8 Å². The Kier molecular flexibility index (Phi) is 8.17. The van der Waals surface area contributed by atoms with Gasteiger partial charge in [0.15, 0.2) is 26.1 Å². The quantitative estimate of drug-likeness (QED) is 0.708. The van der Waals surface area contributed by atoms with Gasteiger partial charge in [-0.3, -0.25) is 4.79 Å². The minimum absolute atomic E-state index is 0. The van der Waals surface area contributed by atoms with E-state index >= 15 is 0 Å². The number of benzene rings is 1. The second-order valence-corrected chi connectivity index (χ2v) is 8.44. The fourth-order valence-electron chi connectivity index (χ4n) is 3.04. The van der Waals surface area contributed by atoms with Crippen molar-refractivity contribution in [2.45, 2.75) is 31.1 Å². The van der Waals surface area contributed by atoms with E-state index in [4.69, 9.17) is 9.47 Å². The standard InChI is InChI=1S/C17H26N2O5S.ClH/c1-4-24-14-6-5-13(11-15(14)23-2)12-19-16(20)17(25(3,21)22)7-9-18-10-8-17;/h5-6,11,18H,4,7-10,12H2,1-3H3,(H,19,20);1H. The summed E-state index contributed by atoms with van der Waals surface area (Å²) in [7, 11) is -1.97. The number of rotatable bonds is 7. The van der Waals surface area contributed by atoms with E-state index in [9.17, 15) is 13.2 Å². The van der Waals surface area contributed by atoms with Gasteiger partial charge in [0.2, 0.25) is 5.91 Å². The highest BCUT2D eigenvalue weighted by atomic mass is 35.5. The zero-order chi connectivity index (χ0) is 18.5. The summed E-state index contributed by atoms with van der Waals surface area (Å²) >= 11 is 0. The van der Waals surface area contributed by atoms with Crippen LogP contribution < -0.4 is 20.1 Å². The summed E-state index contributed by atoms with van der Waals surface area (Å²) in [5, 5.41) is 5.88. The van der Waals surface area contributed by atoms with Crippen molar-refractivity contribution in [3.8, 4) is 11.5 Å². The largest absolute Gasteiger partial charge is 0.493 e. The summed E-state index contributed by atoms with van der Waals surface area (Å²) < 4.78 is 33.9. The molecule has 9 heteroatoms. The Bertz CT molecular complexity index is 718. The van der Waals surface area contributed by atoms with Crippen molar-refractivity contribution in [1.29, 1.82) is 0 Å². The zero-order valence-corrected chi connectivity index (χ0v) is 17.0. The van der Waals surface area contributed by atoms with Crippen LogP contribution in [-0.2, 0) is 21.2 Å². The fourth-order valence-corrected chi connectivity index (χ4v) is 4.39. The number of amides is 1. The second kappa shape index (κ2) is 9.43. The van der Waals surface area contributed by atoms with Gasteiger partial charge in [-0.25, -0.2) is 8.42 Å². The first-order valence-corrected chi connectivity index (χ1v) is 10.2. The van der Waals surface area contributed by atoms with Crippen LogP contribution in [0, 0.1) is 0 Å². The van der Waals surface area contributed by atoms with Crippen molar-refractivity contribution in [2.24, 2.45) is 0 Å². The van der Waals surface area contributed by atoms with Crippen molar-refractivity contribution in [3.63, 3.8) is 0 Å². The molecule has 1 fully saturated rings. The van der Waals surface area contributed by atoms with Crippen LogP contribution in [-0.4, -0.2) is 52.1 Å². The minimum Gasteiger partial charge on any atom is -0.493 e. The van der Waals surface area contributed by atoms with Crippen LogP contribution in [0.4, 0.5) is 0 Å². The molecule has 1 aromatic carbocycles. The molecule has 0 radical (unpaired) electrons. The van der Waals surface area contributed by atoms with E-state index in [1.807, 2.05) is 13.0 Å². The molecular weight excluding hydrogens is 380 g/mol. The van der Waals surface area contributed by atoms with Gasteiger partial charge in [0.1, 0.15) is 0 Å². The molecule has 1 heterocycles. The average molecular weight is 407 g/mol. The molecule has 2 N–H and O–H groups in total. The summed E-state index contributed by atoms with van der Waals surface area (Å²) in [6.45, 7) is 3.66. The van der Waals surface area contributed by atoms with Gasteiger partial charge in [0, 0.05) is 12.8 Å². The van der Waals surface area contributed by atoms with Gasteiger partial charge in [0.05, 0.1) is 13.7 Å². The predicted octanol–water partition coefficient (Wildman–Crippen LogP) is 1.30. The zero-order valence-electron chi connectivity index (χ0n) is 15.3. The second-order valence-electron chi connectivity index (χ2n) is 6.12. The Hall–Kier alpha value is -1.51. The van der Waals surface area contributed by atoms with Crippen molar-refractivity contribution >= 4 is 28.2 Å². The molecule has 1 aromatic rings. The van der Waals surface area contributed by atoms with E-state index in [2.05, 4.69) is 10.6 Å². The van der Waals surface area contributed by atoms with Gasteiger partial charge in [-0.2, -0.15) is 0 Å². The molecule has 0 bridgehead atoms. The Morgan fingerprint density at radius 1 is 1.27 bits per heavy atom. The summed E-state index contributed by atoms with van der Waals surface area (Å²) in [6.07, 6.45) is 1.70. The lowest BCUT2D eigenvalue weighted by Crippen LogP contribution is -2.57. The molecule has 0 saturated carbocycles. The van der Waals surface area contributed by atoms with Crippen molar-refractivity contribution in [2.75, 3.05) is 33.1 Å². The van der Waals surface area contributed by atoms with Crippen molar-refractivity contribution in [1.82, 2.24) is 10.6 Å². The maximum atomic E-state index is 12.7. The molecule has 7 nitrogen and oxygen atoms in total. The number of carbonyl (C=O) groups is 1. The average Bonchev–Trinajstić information content (AvgIpc) is 2.60. The molecule has 0 atom stereocenters. The fraction of sp³-hybridized carbons (Fsp3) is 0.588. The van der Waals surface area contributed by atoms with E-state index in [1.54, 1.807) is 19.2 Å². The first-order valence-electron chi connectivity index (χ1n) is 8.32. The van der Waals surface area contributed by atoms with Gasteiger partial charge in [-0.15, -0.1) is 12.4 Å².